The predicted molar refractivity (Wildman–Crippen MR) is 244 cm³/mol. The fourth-order valence-corrected chi connectivity index (χ4v) is 10.2. The summed E-state index contributed by atoms with van der Waals surface area (Å²) in [5, 5.41) is 3.43. The van der Waals surface area contributed by atoms with Gasteiger partial charge in [0, 0.05) is 32.7 Å². The van der Waals surface area contributed by atoms with Crippen molar-refractivity contribution in [3.63, 3.8) is 0 Å². The Labute approximate surface area is 343 Å². The van der Waals surface area contributed by atoms with Gasteiger partial charge in [0.25, 0.3) is 0 Å². The van der Waals surface area contributed by atoms with Crippen molar-refractivity contribution in [1.29, 1.82) is 0 Å². The average molecular weight is 757 g/mol. The van der Waals surface area contributed by atoms with Gasteiger partial charge in [-0.05, 0) is 121 Å². The Kier molecular flexibility index (Phi) is 7.03. The number of para-hydroxylation sites is 2. The summed E-state index contributed by atoms with van der Waals surface area (Å²) in [4.78, 5) is 10.4. The smallest absolute Gasteiger partial charge is 0.227 e. The molecule has 10 aromatic rings. The monoisotopic (exact) mass is 756 g/mol. The van der Waals surface area contributed by atoms with E-state index in [0.29, 0.717) is 5.89 Å². The molecule has 0 unspecified atom stereocenters. The Hall–Kier alpha value is -7.10. The lowest BCUT2D eigenvalue weighted by molar-refractivity contribution is 0.620. The number of pyridine rings is 1. The summed E-state index contributed by atoms with van der Waals surface area (Å²) in [6.45, 7) is 9.41. The molecule has 0 fully saturated rings. The SMILES string of the molecule is CC1(C)c2ccccc2-c2ccc(-c3cc(-c4ccc5c(c4)C(C)(C)c4ccccc4-5)c4cc(-c5ccc(-c6nc7ccccc7o6)cc5)c5ccccc5c4n3)cc21. The molecule has 2 aliphatic rings. The third kappa shape index (κ3) is 4.94. The first-order valence-electron chi connectivity index (χ1n) is 20.6. The van der Waals surface area contributed by atoms with Crippen LogP contribution in [0.5, 0.6) is 0 Å². The van der Waals surface area contributed by atoms with Crippen LogP contribution in [0, 0.1) is 0 Å². The van der Waals surface area contributed by atoms with Gasteiger partial charge in [-0.3, -0.25) is 0 Å². The van der Waals surface area contributed by atoms with Gasteiger partial charge in [-0.2, -0.15) is 0 Å². The summed E-state index contributed by atoms with van der Waals surface area (Å²) in [5.74, 6) is 0.626. The first-order chi connectivity index (χ1) is 28.7. The molecule has 3 nitrogen and oxygen atoms in total. The van der Waals surface area contributed by atoms with E-state index < -0.39 is 0 Å². The molecule has 2 aromatic heterocycles. The van der Waals surface area contributed by atoms with E-state index in [-0.39, 0.29) is 10.8 Å². The average Bonchev–Trinajstić information content (AvgIpc) is 3.89. The van der Waals surface area contributed by atoms with Crippen molar-refractivity contribution in [3.8, 4) is 67.2 Å². The minimum Gasteiger partial charge on any atom is -0.436 e. The maximum absolute atomic E-state index is 6.14. The van der Waals surface area contributed by atoms with Crippen molar-refractivity contribution in [2.75, 3.05) is 0 Å². The Morgan fingerprint density at radius 3 is 1.59 bits per heavy atom. The van der Waals surface area contributed by atoms with Crippen LogP contribution in [0.2, 0.25) is 0 Å². The predicted octanol–water partition coefficient (Wildman–Crippen LogP) is 14.8. The van der Waals surface area contributed by atoms with Crippen LogP contribution in [0.15, 0.2) is 174 Å². The van der Waals surface area contributed by atoms with Gasteiger partial charge >= 0.3 is 0 Å². The summed E-state index contributed by atoms with van der Waals surface area (Å²) < 4.78 is 6.14. The standard InChI is InChI=1S/C56H40N2O/c1-55(2)46-17-9-7-14-38(46)40-27-25-35(29-48(40)55)44-32-51(36-26-28-41-39-15-8-10-18-47(39)56(3,4)49(41)30-36)57-53-42-16-6-5-13-37(42)43(31-45(44)53)33-21-23-34(24-22-33)54-58-50-19-11-12-20-52(50)59-54/h5-32H,1-4H3. The van der Waals surface area contributed by atoms with E-state index in [1.807, 2.05) is 24.3 Å². The van der Waals surface area contributed by atoms with E-state index in [2.05, 4.69) is 173 Å². The number of nitrogens with zero attached hydrogens (tertiary/aromatic N) is 2. The topological polar surface area (TPSA) is 38.9 Å². The molecule has 0 spiro atoms. The highest BCUT2D eigenvalue weighted by Crippen LogP contribution is 2.52. The highest BCUT2D eigenvalue weighted by Gasteiger charge is 2.37. The van der Waals surface area contributed by atoms with Gasteiger partial charge in [0.15, 0.2) is 5.58 Å². The van der Waals surface area contributed by atoms with Crippen molar-refractivity contribution in [1.82, 2.24) is 9.97 Å². The summed E-state index contributed by atoms with van der Waals surface area (Å²) in [5.41, 5.74) is 20.9. The van der Waals surface area contributed by atoms with Crippen molar-refractivity contribution in [2.45, 2.75) is 38.5 Å². The van der Waals surface area contributed by atoms with Gasteiger partial charge in [-0.15, -0.1) is 0 Å². The molecule has 0 radical (unpaired) electrons. The second-order valence-corrected chi connectivity index (χ2v) is 17.3. The van der Waals surface area contributed by atoms with E-state index in [1.165, 1.54) is 66.6 Å². The summed E-state index contributed by atoms with van der Waals surface area (Å²) in [7, 11) is 0. The molecule has 0 N–H and O–H groups in total. The number of oxazole rings is 1. The third-order valence-corrected chi connectivity index (χ3v) is 13.3. The van der Waals surface area contributed by atoms with E-state index in [9.17, 15) is 0 Å². The lowest BCUT2D eigenvalue weighted by Gasteiger charge is -2.23. The second kappa shape index (κ2) is 12.2. The molecular formula is C56H40N2O. The maximum atomic E-state index is 6.14. The fraction of sp³-hybridized carbons (Fsp3) is 0.107. The summed E-state index contributed by atoms with van der Waals surface area (Å²) in [6, 6.07) is 61.8. The van der Waals surface area contributed by atoms with Crippen LogP contribution in [0.25, 0.3) is 100.0 Å². The molecular weight excluding hydrogens is 717 g/mol. The van der Waals surface area contributed by atoms with Gasteiger partial charge in [0.1, 0.15) is 5.52 Å². The van der Waals surface area contributed by atoms with E-state index in [4.69, 9.17) is 14.4 Å². The first-order valence-corrected chi connectivity index (χ1v) is 20.6. The quantitative estimate of drug-likeness (QED) is 0.168. The summed E-state index contributed by atoms with van der Waals surface area (Å²) in [6.07, 6.45) is 0. The van der Waals surface area contributed by atoms with Crippen molar-refractivity contribution in [3.05, 3.63) is 192 Å². The van der Waals surface area contributed by atoms with Gasteiger partial charge in [-0.1, -0.05) is 149 Å². The lowest BCUT2D eigenvalue weighted by atomic mass is 9.81. The van der Waals surface area contributed by atoms with Gasteiger partial charge in [-0.25, -0.2) is 9.97 Å². The van der Waals surface area contributed by atoms with Crippen LogP contribution >= 0.6 is 0 Å². The molecule has 0 bridgehead atoms. The largest absolute Gasteiger partial charge is 0.436 e. The Morgan fingerprint density at radius 1 is 0.373 bits per heavy atom. The zero-order chi connectivity index (χ0) is 39.6. The molecule has 8 aromatic carbocycles. The molecule has 0 amide bonds. The van der Waals surface area contributed by atoms with Crippen molar-refractivity contribution < 1.29 is 4.42 Å². The molecule has 0 saturated carbocycles. The van der Waals surface area contributed by atoms with Gasteiger partial charge in [0.2, 0.25) is 5.89 Å². The normalized spacial score (nSPS) is 14.4. The van der Waals surface area contributed by atoms with Crippen LogP contribution in [0.4, 0.5) is 0 Å². The van der Waals surface area contributed by atoms with Crippen molar-refractivity contribution in [2.24, 2.45) is 0 Å². The number of aromatic nitrogens is 2. The number of hydrogen-bond acceptors (Lipinski definition) is 3. The molecule has 12 rings (SSSR count). The van der Waals surface area contributed by atoms with E-state index in [1.54, 1.807) is 0 Å². The number of hydrogen-bond donors (Lipinski definition) is 0. The maximum Gasteiger partial charge on any atom is 0.227 e. The summed E-state index contributed by atoms with van der Waals surface area (Å²) >= 11 is 0. The molecule has 3 heteroatoms. The highest BCUT2D eigenvalue weighted by molar-refractivity contribution is 6.16. The molecule has 0 atom stereocenters. The van der Waals surface area contributed by atoms with Crippen molar-refractivity contribution >= 4 is 32.8 Å². The molecule has 0 saturated heterocycles. The van der Waals surface area contributed by atoms with E-state index >= 15 is 0 Å². The van der Waals surface area contributed by atoms with Gasteiger partial charge < -0.3 is 4.42 Å². The van der Waals surface area contributed by atoms with Gasteiger partial charge in [0.05, 0.1) is 11.2 Å². The third-order valence-electron chi connectivity index (χ3n) is 13.3. The van der Waals surface area contributed by atoms with Crippen LogP contribution < -0.4 is 0 Å². The zero-order valence-electron chi connectivity index (χ0n) is 33.5. The van der Waals surface area contributed by atoms with Crippen LogP contribution in [-0.2, 0) is 10.8 Å². The molecule has 280 valence electrons. The number of benzene rings is 8. The Morgan fingerprint density at radius 2 is 0.898 bits per heavy atom. The molecule has 2 heterocycles. The van der Waals surface area contributed by atoms with Crippen LogP contribution in [-0.4, -0.2) is 9.97 Å². The zero-order valence-corrected chi connectivity index (χ0v) is 33.5. The first kappa shape index (κ1) is 34.0. The lowest BCUT2D eigenvalue weighted by Crippen LogP contribution is -2.15. The Balaban J connectivity index is 1.08. The van der Waals surface area contributed by atoms with Crippen LogP contribution in [0.3, 0.4) is 0 Å². The Bertz CT molecular complexity index is 3350. The molecule has 59 heavy (non-hydrogen) atoms. The molecule has 2 aliphatic carbocycles. The molecule has 0 aliphatic heterocycles. The van der Waals surface area contributed by atoms with E-state index in [0.717, 1.165) is 49.8 Å². The number of fused-ring (bicyclic) bond motifs is 10. The fourth-order valence-electron chi connectivity index (χ4n) is 10.2. The second-order valence-electron chi connectivity index (χ2n) is 17.3. The minimum atomic E-state index is -0.123. The van der Waals surface area contributed by atoms with Crippen LogP contribution in [0.1, 0.15) is 49.9 Å². The number of rotatable bonds is 4. The highest BCUT2D eigenvalue weighted by atomic mass is 16.3. The minimum absolute atomic E-state index is 0.111.